The number of nitrogens with zero attached hydrogens (tertiary/aromatic N) is 1. The number of nitrogens with one attached hydrogen (secondary N) is 1. The first-order chi connectivity index (χ1) is 6.20. The minimum atomic E-state index is -0.302. The zero-order valence-electron chi connectivity index (χ0n) is 8.07. The molecule has 0 aliphatic carbocycles. The largest absolute Gasteiger partial charge is 0.392 e. The second-order valence-electron chi connectivity index (χ2n) is 3.26. The molecule has 0 aromatic carbocycles. The highest BCUT2D eigenvalue weighted by Crippen LogP contribution is 2.09. The van der Waals surface area contributed by atoms with E-state index in [1.165, 1.54) is 5.56 Å². The van der Waals surface area contributed by atoms with Crippen molar-refractivity contribution in [1.82, 2.24) is 10.3 Å². The highest BCUT2D eigenvalue weighted by molar-refractivity contribution is 5.13. The molecule has 1 aromatic rings. The van der Waals surface area contributed by atoms with E-state index < -0.39 is 0 Å². The average molecular weight is 180 g/mol. The summed E-state index contributed by atoms with van der Waals surface area (Å²) < 4.78 is 0. The van der Waals surface area contributed by atoms with Crippen molar-refractivity contribution in [1.29, 1.82) is 0 Å². The van der Waals surface area contributed by atoms with E-state index in [1.54, 1.807) is 19.3 Å². The number of aliphatic hydroxyl groups excluding tert-OH is 1. The van der Waals surface area contributed by atoms with Gasteiger partial charge in [0.15, 0.2) is 0 Å². The second-order valence-corrected chi connectivity index (χ2v) is 3.26. The van der Waals surface area contributed by atoms with Crippen molar-refractivity contribution < 1.29 is 5.11 Å². The van der Waals surface area contributed by atoms with Crippen molar-refractivity contribution >= 4 is 0 Å². The number of aromatic nitrogens is 1. The fourth-order valence-electron chi connectivity index (χ4n) is 1.12. The molecule has 72 valence electrons. The van der Waals surface area contributed by atoms with Crippen LogP contribution in [0.15, 0.2) is 24.5 Å². The van der Waals surface area contributed by atoms with Crippen molar-refractivity contribution in [3.05, 3.63) is 30.1 Å². The van der Waals surface area contributed by atoms with Crippen LogP contribution in [0, 0.1) is 0 Å². The first kappa shape index (κ1) is 10.2. The third-order valence-corrected chi connectivity index (χ3v) is 1.93. The standard InChI is InChI=1S/C10H16N2O/c1-8(13)7-12-9(2)10-3-5-11-6-4-10/h3-6,8-9,12-13H,7H2,1-2H3/t8-,9-/m0/s1. The van der Waals surface area contributed by atoms with Gasteiger partial charge in [0.1, 0.15) is 0 Å². The smallest absolute Gasteiger partial charge is 0.0636 e. The van der Waals surface area contributed by atoms with Gasteiger partial charge in [-0.15, -0.1) is 0 Å². The third kappa shape index (κ3) is 3.53. The Kier molecular flexibility index (Phi) is 3.86. The Balaban J connectivity index is 2.44. The lowest BCUT2D eigenvalue weighted by molar-refractivity contribution is 0.187. The molecule has 0 bridgehead atoms. The van der Waals surface area contributed by atoms with Crippen LogP contribution in [0.5, 0.6) is 0 Å². The Morgan fingerprint density at radius 1 is 1.38 bits per heavy atom. The van der Waals surface area contributed by atoms with Crippen molar-refractivity contribution in [3.63, 3.8) is 0 Å². The molecule has 0 radical (unpaired) electrons. The number of aliphatic hydroxyl groups is 1. The van der Waals surface area contributed by atoms with Crippen molar-refractivity contribution in [2.24, 2.45) is 0 Å². The molecule has 3 nitrogen and oxygen atoms in total. The lowest BCUT2D eigenvalue weighted by Crippen LogP contribution is -2.27. The summed E-state index contributed by atoms with van der Waals surface area (Å²) in [4.78, 5) is 3.95. The molecule has 3 heteroatoms. The maximum atomic E-state index is 9.07. The molecule has 0 unspecified atom stereocenters. The monoisotopic (exact) mass is 180 g/mol. The van der Waals surface area contributed by atoms with E-state index >= 15 is 0 Å². The highest BCUT2D eigenvalue weighted by atomic mass is 16.3. The predicted molar refractivity (Wildman–Crippen MR) is 52.3 cm³/mol. The van der Waals surface area contributed by atoms with Crippen molar-refractivity contribution in [2.45, 2.75) is 26.0 Å². The van der Waals surface area contributed by atoms with Crippen molar-refractivity contribution in [2.75, 3.05) is 6.54 Å². The Labute approximate surface area is 78.8 Å². The molecule has 2 atom stereocenters. The lowest BCUT2D eigenvalue weighted by atomic mass is 10.1. The van der Waals surface area contributed by atoms with Gasteiger partial charge in [-0.05, 0) is 31.5 Å². The van der Waals surface area contributed by atoms with Gasteiger partial charge in [0.05, 0.1) is 6.10 Å². The molecular weight excluding hydrogens is 164 g/mol. The van der Waals surface area contributed by atoms with Gasteiger partial charge < -0.3 is 10.4 Å². The zero-order valence-corrected chi connectivity index (χ0v) is 8.07. The fourth-order valence-corrected chi connectivity index (χ4v) is 1.12. The third-order valence-electron chi connectivity index (χ3n) is 1.93. The van der Waals surface area contributed by atoms with Crippen LogP contribution in [0.2, 0.25) is 0 Å². The number of hydrogen-bond acceptors (Lipinski definition) is 3. The fraction of sp³-hybridized carbons (Fsp3) is 0.500. The summed E-state index contributed by atoms with van der Waals surface area (Å²) in [5.74, 6) is 0. The molecule has 2 N–H and O–H groups in total. The molecule has 1 rings (SSSR count). The zero-order chi connectivity index (χ0) is 9.68. The van der Waals surface area contributed by atoms with Crippen LogP contribution in [0.3, 0.4) is 0 Å². The van der Waals surface area contributed by atoms with Crippen LogP contribution in [0.1, 0.15) is 25.5 Å². The highest BCUT2D eigenvalue weighted by Gasteiger charge is 2.04. The van der Waals surface area contributed by atoms with Gasteiger partial charge in [0, 0.05) is 25.0 Å². The Morgan fingerprint density at radius 3 is 2.54 bits per heavy atom. The van der Waals surface area contributed by atoms with E-state index in [0.29, 0.717) is 6.54 Å². The summed E-state index contributed by atoms with van der Waals surface area (Å²) in [5.41, 5.74) is 1.19. The van der Waals surface area contributed by atoms with Crippen LogP contribution in [-0.2, 0) is 0 Å². The van der Waals surface area contributed by atoms with Crippen LogP contribution < -0.4 is 5.32 Å². The molecule has 0 spiro atoms. The van der Waals surface area contributed by atoms with Crippen LogP contribution in [0.4, 0.5) is 0 Å². The van der Waals surface area contributed by atoms with Gasteiger partial charge in [-0.2, -0.15) is 0 Å². The van der Waals surface area contributed by atoms with Crippen molar-refractivity contribution in [3.8, 4) is 0 Å². The van der Waals surface area contributed by atoms with E-state index in [2.05, 4.69) is 17.2 Å². The summed E-state index contributed by atoms with van der Waals surface area (Å²) in [6.07, 6.45) is 3.25. The second kappa shape index (κ2) is 4.94. The molecule has 0 fully saturated rings. The Bertz CT molecular complexity index is 236. The van der Waals surface area contributed by atoms with E-state index in [9.17, 15) is 0 Å². The Morgan fingerprint density at radius 2 is 2.00 bits per heavy atom. The van der Waals surface area contributed by atoms with Gasteiger partial charge in [0.25, 0.3) is 0 Å². The maximum absolute atomic E-state index is 9.07. The molecule has 13 heavy (non-hydrogen) atoms. The molecule has 1 heterocycles. The minimum absolute atomic E-state index is 0.262. The van der Waals surface area contributed by atoms with E-state index in [4.69, 9.17) is 5.11 Å². The molecule has 0 amide bonds. The van der Waals surface area contributed by atoms with E-state index in [-0.39, 0.29) is 12.1 Å². The van der Waals surface area contributed by atoms with Crippen LogP contribution in [-0.4, -0.2) is 22.7 Å². The normalized spacial score (nSPS) is 15.3. The van der Waals surface area contributed by atoms with Gasteiger partial charge in [-0.3, -0.25) is 4.98 Å². The number of hydrogen-bond donors (Lipinski definition) is 2. The number of pyridine rings is 1. The lowest BCUT2D eigenvalue weighted by Gasteiger charge is -2.14. The summed E-state index contributed by atoms with van der Waals surface area (Å²) in [6.45, 7) is 4.45. The first-order valence-electron chi connectivity index (χ1n) is 4.51. The van der Waals surface area contributed by atoms with Gasteiger partial charge in [-0.25, -0.2) is 0 Å². The van der Waals surface area contributed by atoms with E-state index in [1.807, 2.05) is 12.1 Å². The summed E-state index contributed by atoms with van der Waals surface area (Å²) >= 11 is 0. The van der Waals surface area contributed by atoms with Gasteiger partial charge in [0.2, 0.25) is 0 Å². The molecule has 0 saturated heterocycles. The summed E-state index contributed by atoms with van der Waals surface area (Å²) in [7, 11) is 0. The number of rotatable bonds is 4. The van der Waals surface area contributed by atoms with Gasteiger partial charge >= 0.3 is 0 Å². The maximum Gasteiger partial charge on any atom is 0.0636 e. The SMILES string of the molecule is C[C@H](O)CN[C@@H](C)c1ccncc1. The molecule has 0 aliphatic heterocycles. The first-order valence-corrected chi connectivity index (χ1v) is 4.51. The Hall–Kier alpha value is -0.930. The van der Waals surface area contributed by atoms with Crippen LogP contribution in [0.25, 0.3) is 0 Å². The quantitative estimate of drug-likeness (QED) is 0.729. The molecular formula is C10H16N2O. The molecule has 1 aromatic heterocycles. The van der Waals surface area contributed by atoms with Gasteiger partial charge in [-0.1, -0.05) is 0 Å². The van der Waals surface area contributed by atoms with E-state index in [0.717, 1.165) is 0 Å². The van der Waals surface area contributed by atoms with Crippen LogP contribution >= 0.6 is 0 Å². The summed E-state index contributed by atoms with van der Waals surface area (Å²) in [5, 5.41) is 12.3. The topological polar surface area (TPSA) is 45.1 Å². The summed E-state index contributed by atoms with van der Waals surface area (Å²) in [6, 6.07) is 4.21. The average Bonchev–Trinajstić information content (AvgIpc) is 2.15. The predicted octanol–water partition coefficient (Wildman–Crippen LogP) is 1.11. The molecule has 0 saturated carbocycles. The minimum Gasteiger partial charge on any atom is -0.392 e. The molecule has 0 aliphatic rings.